The van der Waals surface area contributed by atoms with Gasteiger partial charge in [-0.15, -0.1) is 0 Å². The van der Waals surface area contributed by atoms with Gasteiger partial charge < -0.3 is 10.5 Å². The maximum atomic E-state index is 11.6. The zero-order valence-corrected chi connectivity index (χ0v) is 10.3. The minimum absolute atomic E-state index is 0.111. The molecule has 0 aliphatic carbocycles. The molecule has 0 fully saturated rings. The van der Waals surface area contributed by atoms with Gasteiger partial charge in [-0.3, -0.25) is 4.72 Å². The zero-order chi connectivity index (χ0) is 12.2. The van der Waals surface area contributed by atoms with E-state index in [0.29, 0.717) is 0 Å². The molecule has 0 saturated heterocycles. The number of nitrogens with one attached hydrogen (secondary N) is 1. The summed E-state index contributed by atoms with van der Waals surface area (Å²) in [5.41, 5.74) is 6.11. The van der Waals surface area contributed by atoms with E-state index in [0.717, 1.165) is 0 Å². The number of sulfonamides is 1. The summed E-state index contributed by atoms with van der Waals surface area (Å²) in [5, 5.41) is 0.265. The lowest BCUT2D eigenvalue weighted by atomic mass is 10.3. The van der Waals surface area contributed by atoms with Crippen molar-refractivity contribution in [2.45, 2.75) is 0 Å². The van der Waals surface area contributed by atoms with E-state index < -0.39 is 10.0 Å². The highest BCUT2D eigenvalue weighted by Gasteiger charge is 2.14. The number of nitrogen functional groups attached to an aromatic ring is 1. The summed E-state index contributed by atoms with van der Waals surface area (Å²) in [6.07, 6.45) is 0. The highest BCUT2D eigenvalue weighted by Crippen LogP contribution is 2.28. The van der Waals surface area contributed by atoms with Crippen molar-refractivity contribution in [1.82, 2.24) is 0 Å². The van der Waals surface area contributed by atoms with Crippen molar-refractivity contribution in [3.63, 3.8) is 0 Å². The SMILES string of the molecule is COCCS(=O)(=O)Nc1c(N)cccc1Cl. The molecule has 1 rings (SSSR count). The van der Waals surface area contributed by atoms with Crippen molar-refractivity contribution in [2.24, 2.45) is 0 Å². The van der Waals surface area contributed by atoms with Crippen molar-refractivity contribution in [2.75, 3.05) is 29.9 Å². The van der Waals surface area contributed by atoms with Crippen molar-refractivity contribution >= 4 is 33.0 Å². The smallest absolute Gasteiger partial charge is 0.235 e. The second kappa shape index (κ2) is 5.38. The van der Waals surface area contributed by atoms with Gasteiger partial charge in [-0.1, -0.05) is 17.7 Å². The molecule has 0 amide bonds. The van der Waals surface area contributed by atoms with Crippen LogP contribution in [0.25, 0.3) is 0 Å². The fraction of sp³-hybridized carbons (Fsp3) is 0.333. The summed E-state index contributed by atoms with van der Waals surface area (Å²) in [7, 11) is -2.05. The van der Waals surface area contributed by atoms with Crippen LogP contribution in [0.1, 0.15) is 0 Å². The lowest BCUT2D eigenvalue weighted by Gasteiger charge is -2.11. The van der Waals surface area contributed by atoms with Gasteiger partial charge in [-0.25, -0.2) is 8.42 Å². The van der Waals surface area contributed by atoms with Gasteiger partial charge in [0.15, 0.2) is 0 Å². The number of para-hydroxylation sites is 1. The van der Waals surface area contributed by atoms with Gasteiger partial charge in [-0.2, -0.15) is 0 Å². The van der Waals surface area contributed by atoms with Crippen LogP contribution in [0.4, 0.5) is 11.4 Å². The van der Waals surface area contributed by atoms with E-state index >= 15 is 0 Å². The summed E-state index contributed by atoms with van der Waals surface area (Å²) in [4.78, 5) is 0. The van der Waals surface area contributed by atoms with Crippen LogP contribution in [0.3, 0.4) is 0 Å². The second-order valence-electron chi connectivity index (χ2n) is 3.12. The third-order valence-corrected chi connectivity index (χ3v) is 3.39. The Kier molecular flexibility index (Phi) is 4.40. The number of methoxy groups -OCH3 is 1. The molecule has 1 aromatic rings. The molecule has 1 aromatic carbocycles. The molecule has 0 unspecified atom stereocenters. The van der Waals surface area contributed by atoms with Gasteiger partial charge in [0.1, 0.15) is 0 Å². The maximum Gasteiger partial charge on any atom is 0.235 e. The molecule has 0 atom stereocenters. The van der Waals surface area contributed by atoms with Gasteiger partial charge in [0.2, 0.25) is 10.0 Å². The number of ether oxygens (including phenoxy) is 1. The number of halogens is 1. The molecule has 0 spiro atoms. The highest BCUT2D eigenvalue weighted by molar-refractivity contribution is 7.92. The monoisotopic (exact) mass is 264 g/mol. The van der Waals surface area contributed by atoms with E-state index in [1.807, 2.05) is 0 Å². The molecule has 0 bridgehead atoms. The summed E-state index contributed by atoms with van der Waals surface area (Å²) in [6, 6.07) is 4.77. The molecular weight excluding hydrogens is 252 g/mol. The Hall–Kier alpha value is -0.980. The number of nitrogens with two attached hydrogens (primary N) is 1. The van der Waals surface area contributed by atoms with Gasteiger partial charge >= 0.3 is 0 Å². The first-order valence-corrected chi connectivity index (χ1v) is 6.52. The second-order valence-corrected chi connectivity index (χ2v) is 5.37. The summed E-state index contributed by atoms with van der Waals surface area (Å²) in [5.74, 6) is -0.145. The summed E-state index contributed by atoms with van der Waals surface area (Å²) < 4.78 is 30.1. The number of anilines is 2. The molecule has 0 aliphatic heterocycles. The average Bonchev–Trinajstić information content (AvgIpc) is 2.21. The minimum Gasteiger partial charge on any atom is -0.397 e. The van der Waals surface area contributed by atoms with E-state index in [2.05, 4.69) is 4.72 Å². The van der Waals surface area contributed by atoms with E-state index in [1.54, 1.807) is 18.2 Å². The van der Waals surface area contributed by atoms with Gasteiger partial charge in [0.05, 0.1) is 28.8 Å². The molecular formula is C9H13ClN2O3S. The Bertz CT molecular complexity index is 442. The van der Waals surface area contributed by atoms with Crippen molar-refractivity contribution < 1.29 is 13.2 Å². The van der Waals surface area contributed by atoms with Crippen LogP contribution in [0.15, 0.2) is 18.2 Å². The van der Waals surface area contributed by atoms with E-state index in [9.17, 15) is 8.42 Å². The topological polar surface area (TPSA) is 81.4 Å². The molecule has 90 valence electrons. The highest BCUT2D eigenvalue weighted by atomic mass is 35.5. The first kappa shape index (κ1) is 13.1. The molecule has 16 heavy (non-hydrogen) atoms. The van der Waals surface area contributed by atoms with Gasteiger partial charge in [-0.05, 0) is 12.1 Å². The number of rotatable bonds is 5. The fourth-order valence-electron chi connectivity index (χ4n) is 1.05. The summed E-state index contributed by atoms with van der Waals surface area (Å²) in [6.45, 7) is 0.111. The first-order valence-electron chi connectivity index (χ1n) is 4.49. The molecule has 0 aromatic heterocycles. The van der Waals surface area contributed by atoms with Crippen LogP contribution in [-0.2, 0) is 14.8 Å². The van der Waals surface area contributed by atoms with Crippen molar-refractivity contribution in [3.8, 4) is 0 Å². The number of hydrogen-bond acceptors (Lipinski definition) is 4. The third-order valence-electron chi connectivity index (χ3n) is 1.86. The third kappa shape index (κ3) is 3.55. The Morgan fingerprint density at radius 3 is 2.75 bits per heavy atom. The van der Waals surface area contributed by atoms with Gasteiger partial charge in [0.25, 0.3) is 0 Å². The van der Waals surface area contributed by atoms with Crippen LogP contribution < -0.4 is 10.5 Å². The molecule has 0 saturated carbocycles. The van der Waals surface area contributed by atoms with Crippen LogP contribution in [0.2, 0.25) is 5.02 Å². The molecule has 3 N–H and O–H groups in total. The Labute approximate surface area is 99.6 Å². The molecule has 5 nitrogen and oxygen atoms in total. The minimum atomic E-state index is -3.48. The lowest BCUT2D eigenvalue weighted by molar-refractivity contribution is 0.217. The van der Waals surface area contributed by atoms with E-state index in [4.69, 9.17) is 22.1 Å². The largest absolute Gasteiger partial charge is 0.397 e. The van der Waals surface area contributed by atoms with Crippen LogP contribution in [0.5, 0.6) is 0 Å². The Balaban J connectivity index is 2.88. The molecule has 0 radical (unpaired) electrons. The number of hydrogen-bond donors (Lipinski definition) is 2. The molecule has 0 heterocycles. The normalized spacial score (nSPS) is 11.4. The standard InChI is InChI=1S/C9H13ClN2O3S/c1-15-5-6-16(13,14)12-9-7(10)3-2-4-8(9)11/h2-4,12H,5-6,11H2,1H3. The number of benzene rings is 1. The first-order chi connectivity index (χ1) is 7.46. The van der Waals surface area contributed by atoms with Crippen molar-refractivity contribution in [3.05, 3.63) is 23.2 Å². The van der Waals surface area contributed by atoms with Crippen molar-refractivity contribution in [1.29, 1.82) is 0 Å². The molecule has 7 heteroatoms. The predicted octanol–water partition coefficient (Wildman–Crippen LogP) is 1.31. The molecule has 0 aliphatic rings. The van der Waals surface area contributed by atoms with Crippen LogP contribution in [0, 0.1) is 0 Å². The zero-order valence-electron chi connectivity index (χ0n) is 8.73. The van der Waals surface area contributed by atoms with Gasteiger partial charge in [0, 0.05) is 7.11 Å². The maximum absolute atomic E-state index is 11.6. The fourth-order valence-corrected chi connectivity index (χ4v) is 2.36. The van der Waals surface area contributed by atoms with Crippen LogP contribution in [-0.4, -0.2) is 27.9 Å². The van der Waals surface area contributed by atoms with Crippen LogP contribution >= 0.6 is 11.6 Å². The Morgan fingerprint density at radius 2 is 2.19 bits per heavy atom. The summed E-state index contributed by atoms with van der Waals surface area (Å²) >= 11 is 5.83. The van der Waals surface area contributed by atoms with E-state index in [1.165, 1.54) is 7.11 Å². The van der Waals surface area contributed by atoms with E-state index in [-0.39, 0.29) is 28.8 Å². The Morgan fingerprint density at radius 1 is 1.50 bits per heavy atom. The lowest BCUT2D eigenvalue weighted by Crippen LogP contribution is -2.20. The quantitative estimate of drug-likeness (QED) is 0.786. The average molecular weight is 265 g/mol. The predicted molar refractivity (Wildman–Crippen MR) is 65.1 cm³/mol.